The van der Waals surface area contributed by atoms with Crippen molar-refractivity contribution in [3.8, 4) is 0 Å². The Hall–Kier alpha value is -0.520. The smallest absolute Gasteiger partial charge is 0.208 e. The Kier molecular flexibility index (Phi) is 2.92. The molecule has 1 heterocycles. The van der Waals surface area contributed by atoms with Gasteiger partial charge in [0.1, 0.15) is 0 Å². The number of nitrogens with one attached hydrogen (secondary N) is 1. The molecule has 0 unspecified atom stereocenters. The fourth-order valence-electron chi connectivity index (χ4n) is 1.99. The lowest BCUT2D eigenvalue weighted by Crippen LogP contribution is -2.25. The van der Waals surface area contributed by atoms with E-state index in [4.69, 9.17) is 0 Å². The van der Waals surface area contributed by atoms with Gasteiger partial charge in [0.2, 0.25) is 10.0 Å². The van der Waals surface area contributed by atoms with Gasteiger partial charge in [0.25, 0.3) is 0 Å². The third kappa shape index (κ3) is 2.51. The Balaban J connectivity index is 1.92. The number of sulfonamides is 1. The van der Waals surface area contributed by atoms with Crippen LogP contribution in [0.2, 0.25) is 0 Å². The van der Waals surface area contributed by atoms with E-state index in [9.17, 15) is 8.42 Å². The quantitative estimate of drug-likeness (QED) is 0.914. The molecule has 0 bridgehead atoms. The van der Waals surface area contributed by atoms with Gasteiger partial charge in [-0.05, 0) is 55.2 Å². The molecule has 1 aromatic carbocycles. The number of thioether (sulfide) groups is 1. The molecule has 1 aliphatic carbocycles. The first-order valence-electron chi connectivity index (χ1n) is 5.93. The number of rotatable bonds is 3. The zero-order valence-corrected chi connectivity index (χ0v) is 11.1. The summed E-state index contributed by atoms with van der Waals surface area (Å²) >= 11 is 1.82. The molecule has 0 radical (unpaired) electrons. The number of aryl methyl sites for hydroxylation is 1. The van der Waals surface area contributed by atoms with Crippen molar-refractivity contribution in [1.29, 1.82) is 0 Å². The predicted molar refractivity (Wildman–Crippen MR) is 68.8 cm³/mol. The van der Waals surface area contributed by atoms with Crippen molar-refractivity contribution in [1.82, 2.24) is 4.72 Å². The van der Waals surface area contributed by atoms with Gasteiger partial charge in [0.05, 0.1) is 4.90 Å². The van der Waals surface area contributed by atoms with Crippen LogP contribution in [0.25, 0.3) is 0 Å². The van der Waals surface area contributed by atoms with Crippen molar-refractivity contribution >= 4 is 21.8 Å². The van der Waals surface area contributed by atoms with Gasteiger partial charge in [0.15, 0.2) is 0 Å². The highest BCUT2D eigenvalue weighted by Crippen LogP contribution is 2.32. The number of hydrogen-bond acceptors (Lipinski definition) is 3. The molecule has 1 aromatic rings. The fraction of sp³-hybridized carbons (Fsp3) is 0.500. The molecule has 92 valence electrons. The van der Waals surface area contributed by atoms with Gasteiger partial charge in [-0.3, -0.25) is 0 Å². The zero-order chi connectivity index (χ0) is 11.9. The van der Waals surface area contributed by atoms with Crippen molar-refractivity contribution in [2.24, 2.45) is 0 Å². The molecule has 5 heteroatoms. The first kappa shape index (κ1) is 11.6. The highest BCUT2D eigenvalue weighted by molar-refractivity contribution is 7.99. The van der Waals surface area contributed by atoms with E-state index in [1.807, 2.05) is 23.9 Å². The van der Waals surface area contributed by atoms with E-state index in [0.717, 1.165) is 31.4 Å². The molecule has 0 atom stereocenters. The van der Waals surface area contributed by atoms with E-state index in [-0.39, 0.29) is 6.04 Å². The summed E-state index contributed by atoms with van der Waals surface area (Å²) in [4.78, 5) is 1.66. The summed E-state index contributed by atoms with van der Waals surface area (Å²) in [5.74, 6) is 1.14. The standard InChI is InChI=1S/C12H15NO2S2/c14-17(15,13-10-3-4-10)11-5-6-12-9(8-11)2-1-7-16-12/h5-6,8,10,13H,1-4,7H2. The van der Waals surface area contributed by atoms with Crippen molar-refractivity contribution in [3.63, 3.8) is 0 Å². The van der Waals surface area contributed by atoms with Gasteiger partial charge in [-0.2, -0.15) is 0 Å². The van der Waals surface area contributed by atoms with Crippen LogP contribution in [0.1, 0.15) is 24.8 Å². The molecule has 0 spiro atoms. The first-order chi connectivity index (χ1) is 8.15. The molecule has 2 aliphatic rings. The molecule has 1 fully saturated rings. The highest BCUT2D eigenvalue weighted by Gasteiger charge is 2.28. The van der Waals surface area contributed by atoms with E-state index in [0.29, 0.717) is 4.90 Å². The Morgan fingerprint density at radius 2 is 2.12 bits per heavy atom. The second kappa shape index (κ2) is 4.30. The SMILES string of the molecule is O=S(=O)(NC1CC1)c1ccc2c(c1)CCCS2. The molecular formula is C12H15NO2S2. The third-order valence-electron chi connectivity index (χ3n) is 3.09. The average Bonchev–Trinajstić information content (AvgIpc) is 3.11. The van der Waals surface area contributed by atoms with Crippen LogP contribution in [0.15, 0.2) is 28.0 Å². The summed E-state index contributed by atoms with van der Waals surface area (Å²) in [6, 6.07) is 5.68. The maximum Gasteiger partial charge on any atom is 0.240 e. The van der Waals surface area contributed by atoms with E-state index < -0.39 is 10.0 Å². The van der Waals surface area contributed by atoms with Gasteiger partial charge < -0.3 is 0 Å². The summed E-state index contributed by atoms with van der Waals surface area (Å²) in [5.41, 5.74) is 1.18. The second-order valence-electron chi connectivity index (χ2n) is 4.62. The zero-order valence-electron chi connectivity index (χ0n) is 9.48. The maximum atomic E-state index is 12.1. The molecule has 0 saturated heterocycles. The molecule has 1 aliphatic heterocycles. The Morgan fingerprint density at radius 3 is 2.88 bits per heavy atom. The lowest BCUT2D eigenvalue weighted by molar-refractivity contribution is 0.580. The van der Waals surface area contributed by atoms with Crippen molar-refractivity contribution in [3.05, 3.63) is 23.8 Å². The number of benzene rings is 1. The minimum Gasteiger partial charge on any atom is -0.208 e. The minimum absolute atomic E-state index is 0.172. The summed E-state index contributed by atoms with van der Waals surface area (Å²) in [6.45, 7) is 0. The van der Waals surface area contributed by atoms with E-state index in [1.165, 1.54) is 10.5 Å². The third-order valence-corrected chi connectivity index (χ3v) is 5.81. The highest BCUT2D eigenvalue weighted by atomic mass is 32.2. The van der Waals surface area contributed by atoms with Gasteiger partial charge >= 0.3 is 0 Å². The molecular weight excluding hydrogens is 254 g/mol. The topological polar surface area (TPSA) is 46.2 Å². The lowest BCUT2D eigenvalue weighted by atomic mass is 10.1. The lowest BCUT2D eigenvalue weighted by Gasteiger charge is -2.16. The number of fused-ring (bicyclic) bond motifs is 1. The van der Waals surface area contributed by atoms with Gasteiger partial charge in [-0.1, -0.05) is 0 Å². The van der Waals surface area contributed by atoms with Crippen molar-refractivity contribution in [2.75, 3.05) is 5.75 Å². The molecule has 3 rings (SSSR count). The molecule has 1 saturated carbocycles. The van der Waals surface area contributed by atoms with Crippen LogP contribution in [0.4, 0.5) is 0 Å². The molecule has 1 N–H and O–H groups in total. The van der Waals surface area contributed by atoms with Crippen LogP contribution in [0.3, 0.4) is 0 Å². The molecule has 0 amide bonds. The molecule has 3 nitrogen and oxygen atoms in total. The summed E-state index contributed by atoms with van der Waals surface area (Å²) < 4.78 is 26.8. The number of hydrogen-bond donors (Lipinski definition) is 1. The Bertz CT molecular complexity index is 535. The van der Waals surface area contributed by atoms with Gasteiger partial charge in [0, 0.05) is 10.9 Å². The summed E-state index contributed by atoms with van der Waals surface area (Å²) in [6.07, 6.45) is 4.08. The average molecular weight is 269 g/mol. The van der Waals surface area contributed by atoms with Gasteiger partial charge in [-0.25, -0.2) is 13.1 Å². The van der Waals surface area contributed by atoms with Crippen LogP contribution in [0.5, 0.6) is 0 Å². The minimum atomic E-state index is -3.29. The Morgan fingerprint density at radius 1 is 1.29 bits per heavy atom. The summed E-state index contributed by atoms with van der Waals surface area (Å²) in [5, 5.41) is 0. The van der Waals surface area contributed by atoms with E-state index in [2.05, 4.69) is 4.72 Å². The van der Waals surface area contributed by atoms with Crippen LogP contribution >= 0.6 is 11.8 Å². The van der Waals surface area contributed by atoms with Crippen molar-refractivity contribution < 1.29 is 8.42 Å². The first-order valence-corrected chi connectivity index (χ1v) is 8.40. The predicted octanol–water partition coefficient (Wildman–Crippen LogP) is 2.17. The second-order valence-corrected chi connectivity index (χ2v) is 7.47. The van der Waals surface area contributed by atoms with Crippen LogP contribution in [0, 0.1) is 0 Å². The monoisotopic (exact) mass is 269 g/mol. The normalized spacial score (nSPS) is 20.0. The Labute approximate surface area is 106 Å². The van der Waals surface area contributed by atoms with Gasteiger partial charge in [-0.15, -0.1) is 11.8 Å². The summed E-state index contributed by atoms with van der Waals surface area (Å²) in [7, 11) is -3.29. The molecule has 0 aromatic heterocycles. The largest absolute Gasteiger partial charge is 0.240 e. The van der Waals surface area contributed by atoms with Crippen LogP contribution in [-0.2, 0) is 16.4 Å². The van der Waals surface area contributed by atoms with Crippen molar-refractivity contribution in [2.45, 2.75) is 41.5 Å². The van der Waals surface area contributed by atoms with E-state index in [1.54, 1.807) is 6.07 Å². The fourth-order valence-corrected chi connectivity index (χ4v) is 4.37. The maximum absolute atomic E-state index is 12.1. The molecule has 17 heavy (non-hydrogen) atoms. The van der Waals surface area contributed by atoms with Crippen LogP contribution in [-0.4, -0.2) is 20.2 Å². The van der Waals surface area contributed by atoms with Crippen LogP contribution < -0.4 is 4.72 Å². The van der Waals surface area contributed by atoms with E-state index >= 15 is 0 Å².